The van der Waals surface area contributed by atoms with Gasteiger partial charge in [-0.05, 0) is 28.3 Å². The zero-order chi connectivity index (χ0) is 14.4. The molecule has 0 saturated heterocycles. The van der Waals surface area contributed by atoms with Crippen LogP contribution in [0.3, 0.4) is 0 Å². The summed E-state index contributed by atoms with van der Waals surface area (Å²) in [6, 6.07) is 0.129. The number of unbranched alkanes of at least 4 members (excludes halogenated alkanes) is 1. The van der Waals surface area contributed by atoms with Crippen LogP contribution in [-0.2, 0) is 6.54 Å². The van der Waals surface area contributed by atoms with Crippen molar-refractivity contribution in [2.75, 3.05) is 11.9 Å². The average Bonchev–Trinajstić information content (AvgIpc) is 2.39. The number of nitrogens with zero attached hydrogens (tertiary/aromatic N) is 2. The predicted octanol–water partition coefficient (Wildman–Crippen LogP) is 2.20. The number of hydrogen-bond acceptors (Lipinski definition) is 4. The minimum Gasteiger partial charge on any atom is -0.378 e. The van der Waals surface area contributed by atoms with E-state index in [0.717, 1.165) is 12.8 Å². The van der Waals surface area contributed by atoms with Crippen LogP contribution in [0.1, 0.15) is 33.6 Å². The summed E-state index contributed by atoms with van der Waals surface area (Å²) >= 11 is 3.35. The summed E-state index contributed by atoms with van der Waals surface area (Å²) in [6.07, 6.45) is 3.67. The van der Waals surface area contributed by atoms with E-state index in [0.29, 0.717) is 29.2 Å². The zero-order valence-corrected chi connectivity index (χ0v) is 13.4. The van der Waals surface area contributed by atoms with Gasteiger partial charge in [-0.1, -0.05) is 27.2 Å². The molecular weight excluding hydrogens is 308 g/mol. The summed E-state index contributed by atoms with van der Waals surface area (Å²) < 4.78 is 2.02. The van der Waals surface area contributed by atoms with E-state index < -0.39 is 0 Å². The third-order valence-electron chi connectivity index (χ3n) is 3.11. The van der Waals surface area contributed by atoms with Gasteiger partial charge in [0.05, 0.1) is 11.9 Å². The number of nitrogens with one attached hydrogen (secondary N) is 1. The van der Waals surface area contributed by atoms with Gasteiger partial charge in [0.25, 0.3) is 5.56 Å². The van der Waals surface area contributed by atoms with E-state index in [-0.39, 0.29) is 11.6 Å². The van der Waals surface area contributed by atoms with E-state index in [2.05, 4.69) is 47.1 Å². The number of hydrogen-bond donors (Lipinski definition) is 2. The van der Waals surface area contributed by atoms with Crippen LogP contribution in [0.5, 0.6) is 0 Å². The van der Waals surface area contributed by atoms with Gasteiger partial charge in [-0.2, -0.15) is 5.10 Å². The fourth-order valence-corrected chi connectivity index (χ4v) is 2.15. The average molecular weight is 331 g/mol. The second-order valence-corrected chi connectivity index (χ2v) is 5.78. The summed E-state index contributed by atoms with van der Waals surface area (Å²) in [4.78, 5) is 12.1. The lowest BCUT2D eigenvalue weighted by atomic mass is 10.0. The molecule has 0 aliphatic rings. The Balaban J connectivity index is 2.93. The third-order valence-corrected chi connectivity index (χ3v) is 3.87. The van der Waals surface area contributed by atoms with Gasteiger partial charge in [0.2, 0.25) is 0 Å². The molecular formula is C13H23BrN4O. The molecule has 0 bridgehead atoms. The molecule has 0 radical (unpaired) electrons. The van der Waals surface area contributed by atoms with Crippen LogP contribution < -0.4 is 16.6 Å². The van der Waals surface area contributed by atoms with Crippen molar-refractivity contribution in [1.82, 2.24) is 9.78 Å². The van der Waals surface area contributed by atoms with Gasteiger partial charge >= 0.3 is 0 Å². The number of nitrogens with two attached hydrogens (primary N) is 1. The van der Waals surface area contributed by atoms with Crippen molar-refractivity contribution >= 4 is 21.6 Å². The van der Waals surface area contributed by atoms with Gasteiger partial charge in [0, 0.05) is 19.1 Å². The quantitative estimate of drug-likeness (QED) is 0.803. The molecule has 0 aliphatic heterocycles. The molecule has 1 unspecified atom stereocenters. The van der Waals surface area contributed by atoms with E-state index >= 15 is 0 Å². The number of aromatic nitrogens is 2. The van der Waals surface area contributed by atoms with Crippen molar-refractivity contribution in [3.63, 3.8) is 0 Å². The van der Waals surface area contributed by atoms with Gasteiger partial charge in [0.1, 0.15) is 4.47 Å². The molecule has 6 heteroatoms. The first kappa shape index (κ1) is 16.2. The topological polar surface area (TPSA) is 72.9 Å². The fraction of sp³-hybridized carbons (Fsp3) is 0.692. The Kier molecular flexibility index (Phi) is 6.51. The van der Waals surface area contributed by atoms with E-state index in [1.165, 1.54) is 4.68 Å². The second-order valence-electron chi connectivity index (χ2n) is 4.98. The van der Waals surface area contributed by atoms with E-state index in [4.69, 9.17) is 5.73 Å². The van der Waals surface area contributed by atoms with E-state index in [1.807, 2.05) is 0 Å². The highest BCUT2D eigenvalue weighted by Crippen LogP contribution is 2.19. The third kappa shape index (κ3) is 4.31. The van der Waals surface area contributed by atoms with Crippen molar-refractivity contribution in [3.8, 4) is 0 Å². The van der Waals surface area contributed by atoms with Crippen molar-refractivity contribution in [2.24, 2.45) is 11.7 Å². The lowest BCUT2D eigenvalue weighted by Crippen LogP contribution is -2.35. The molecule has 0 spiro atoms. The van der Waals surface area contributed by atoms with Crippen LogP contribution in [0.4, 0.5) is 5.69 Å². The monoisotopic (exact) mass is 330 g/mol. The number of aryl methyl sites for hydroxylation is 1. The first-order chi connectivity index (χ1) is 9.01. The number of halogens is 1. The lowest BCUT2D eigenvalue weighted by molar-refractivity contribution is 0.524. The molecule has 1 heterocycles. The maximum absolute atomic E-state index is 12.1. The van der Waals surface area contributed by atoms with Crippen LogP contribution in [0, 0.1) is 5.92 Å². The molecule has 0 aromatic carbocycles. The predicted molar refractivity (Wildman–Crippen MR) is 82.4 cm³/mol. The zero-order valence-electron chi connectivity index (χ0n) is 11.8. The van der Waals surface area contributed by atoms with Crippen LogP contribution in [0.2, 0.25) is 0 Å². The van der Waals surface area contributed by atoms with E-state index in [1.54, 1.807) is 6.20 Å². The SMILES string of the molecule is CCCCn1ncc(NC(CN)C(C)C)c(Br)c1=O. The fourth-order valence-electron chi connectivity index (χ4n) is 1.73. The van der Waals surface area contributed by atoms with Crippen molar-refractivity contribution in [2.45, 2.75) is 46.2 Å². The highest BCUT2D eigenvalue weighted by Gasteiger charge is 2.15. The number of rotatable bonds is 7. The minimum atomic E-state index is -0.0991. The Morgan fingerprint density at radius 2 is 2.21 bits per heavy atom. The summed E-state index contributed by atoms with van der Waals surface area (Å²) in [5.41, 5.74) is 6.33. The Bertz CT molecular complexity index is 458. The second kappa shape index (κ2) is 7.65. The van der Waals surface area contributed by atoms with Crippen molar-refractivity contribution in [3.05, 3.63) is 21.0 Å². The van der Waals surface area contributed by atoms with Crippen LogP contribution >= 0.6 is 15.9 Å². The maximum atomic E-state index is 12.1. The van der Waals surface area contributed by atoms with Gasteiger partial charge in [0.15, 0.2) is 0 Å². The van der Waals surface area contributed by atoms with Crippen molar-refractivity contribution in [1.29, 1.82) is 0 Å². The smallest absolute Gasteiger partial charge is 0.283 e. The highest BCUT2D eigenvalue weighted by molar-refractivity contribution is 9.10. The van der Waals surface area contributed by atoms with Crippen molar-refractivity contribution < 1.29 is 0 Å². The Morgan fingerprint density at radius 3 is 2.74 bits per heavy atom. The molecule has 0 amide bonds. The minimum absolute atomic E-state index is 0.0991. The molecule has 3 N–H and O–H groups in total. The Morgan fingerprint density at radius 1 is 1.53 bits per heavy atom. The van der Waals surface area contributed by atoms with E-state index in [9.17, 15) is 4.79 Å². The van der Waals surface area contributed by atoms with Gasteiger partial charge in [-0.3, -0.25) is 4.79 Å². The molecule has 0 fully saturated rings. The first-order valence-corrected chi connectivity index (χ1v) is 7.52. The van der Waals surface area contributed by atoms with Gasteiger partial charge in [-0.15, -0.1) is 0 Å². The first-order valence-electron chi connectivity index (χ1n) is 6.73. The Hall–Kier alpha value is -0.880. The Labute approximate surface area is 122 Å². The maximum Gasteiger partial charge on any atom is 0.283 e. The molecule has 0 aliphatic carbocycles. The molecule has 1 aromatic heterocycles. The van der Waals surface area contributed by atoms with Gasteiger partial charge < -0.3 is 11.1 Å². The summed E-state index contributed by atoms with van der Waals surface area (Å²) in [7, 11) is 0. The highest BCUT2D eigenvalue weighted by atomic mass is 79.9. The molecule has 1 rings (SSSR count). The molecule has 108 valence electrons. The molecule has 1 aromatic rings. The summed E-state index contributed by atoms with van der Waals surface area (Å²) in [5.74, 6) is 0.388. The summed E-state index contributed by atoms with van der Waals surface area (Å²) in [6.45, 7) is 7.44. The molecule has 5 nitrogen and oxygen atoms in total. The molecule has 1 atom stereocenters. The summed E-state index contributed by atoms with van der Waals surface area (Å²) in [5, 5.41) is 7.47. The standard InChI is InChI=1S/C13H23BrN4O/c1-4-5-6-18-13(19)12(14)11(8-16-18)17-10(7-15)9(2)3/h8-10,17H,4-7,15H2,1-3H3. The molecule has 19 heavy (non-hydrogen) atoms. The number of anilines is 1. The van der Waals surface area contributed by atoms with Crippen LogP contribution in [0.25, 0.3) is 0 Å². The van der Waals surface area contributed by atoms with Crippen LogP contribution in [-0.4, -0.2) is 22.4 Å². The van der Waals surface area contributed by atoms with Gasteiger partial charge in [-0.25, -0.2) is 4.68 Å². The lowest BCUT2D eigenvalue weighted by Gasteiger charge is -2.22. The van der Waals surface area contributed by atoms with Crippen LogP contribution in [0.15, 0.2) is 15.5 Å². The molecule has 0 saturated carbocycles. The normalized spacial score (nSPS) is 12.7. The largest absolute Gasteiger partial charge is 0.378 e.